The van der Waals surface area contributed by atoms with Crippen LogP contribution in [0.25, 0.3) is 0 Å². The van der Waals surface area contributed by atoms with Gasteiger partial charge in [-0.3, -0.25) is 4.99 Å². The van der Waals surface area contributed by atoms with E-state index in [2.05, 4.69) is 20.3 Å². The topological polar surface area (TPSA) is 82.6 Å². The Hall–Kier alpha value is -0.580. The first-order valence-corrected chi connectivity index (χ1v) is 9.74. The molecule has 0 unspecified atom stereocenters. The van der Waals surface area contributed by atoms with Gasteiger partial charge in [-0.2, -0.15) is 0 Å². The highest BCUT2D eigenvalue weighted by Gasteiger charge is 2.04. The Balaban J connectivity index is 0.00000529. The van der Waals surface area contributed by atoms with E-state index in [1.807, 2.05) is 31.2 Å². The van der Waals surface area contributed by atoms with E-state index in [-0.39, 0.29) is 36.3 Å². The summed E-state index contributed by atoms with van der Waals surface area (Å²) in [5.74, 6) is 0.739. The molecule has 24 heavy (non-hydrogen) atoms. The Labute approximate surface area is 166 Å². The molecule has 0 amide bonds. The van der Waals surface area contributed by atoms with Crippen LogP contribution in [0.3, 0.4) is 0 Å². The number of hydrogen-bond acceptors (Lipinski definition) is 3. The molecule has 0 aliphatic rings. The molecule has 1 rings (SSSR count). The van der Waals surface area contributed by atoms with Gasteiger partial charge in [-0.05, 0) is 31.9 Å². The lowest BCUT2D eigenvalue weighted by atomic mass is 10.1. The molecular weight excluding hydrogens is 463 g/mol. The summed E-state index contributed by atoms with van der Waals surface area (Å²) < 4.78 is 25.1. The van der Waals surface area contributed by atoms with Gasteiger partial charge in [0.25, 0.3) is 0 Å². The Kier molecular flexibility index (Phi) is 12.4. The summed E-state index contributed by atoms with van der Waals surface area (Å²) in [5.41, 5.74) is 1.08. The molecule has 0 saturated heterocycles. The zero-order chi connectivity index (χ0) is 17.1. The normalized spacial score (nSPS) is 11.7. The fourth-order valence-electron chi connectivity index (χ4n) is 1.83. The molecule has 0 saturated carbocycles. The summed E-state index contributed by atoms with van der Waals surface area (Å²) in [7, 11) is -3.16. The van der Waals surface area contributed by atoms with Crippen molar-refractivity contribution < 1.29 is 8.42 Å². The van der Waals surface area contributed by atoms with Gasteiger partial charge in [0.1, 0.15) is 0 Å². The Bertz CT molecular complexity index is 611. The molecule has 0 aliphatic heterocycles. The second-order valence-electron chi connectivity index (χ2n) is 4.83. The van der Waals surface area contributed by atoms with Crippen LogP contribution in [-0.4, -0.2) is 46.3 Å². The molecule has 0 aromatic heterocycles. The van der Waals surface area contributed by atoms with Crippen LogP contribution in [-0.2, 0) is 16.4 Å². The van der Waals surface area contributed by atoms with Gasteiger partial charge < -0.3 is 10.6 Å². The molecule has 0 aliphatic carbocycles. The molecule has 0 heterocycles. The highest BCUT2D eigenvalue weighted by Crippen LogP contribution is 2.14. The molecular formula is C15H26ClIN4O2S. The zero-order valence-electron chi connectivity index (χ0n) is 14.0. The highest BCUT2D eigenvalue weighted by atomic mass is 127. The van der Waals surface area contributed by atoms with E-state index in [9.17, 15) is 8.42 Å². The van der Waals surface area contributed by atoms with Crippen LogP contribution in [0.4, 0.5) is 0 Å². The fourth-order valence-corrected chi connectivity index (χ4v) is 2.67. The molecule has 0 fully saturated rings. The summed E-state index contributed by atoms with van der Waals surface area (Å²) in [6.45, 7) is 5.67. The van der Waals surface area contributed by atoms with E-state index in [1.54, 1.807) is 6.92 Å². The number of halogens is 2. The minimum Gasteiger partial charge on any atom is -0.357 e. The first kappa shape index (κ1) is 23.4. The lowest BCUT2D eigenvalue weighted by Gasteiger charge is -2.12. The van der Waals surface area contributed by atoms with Gasteiger partial charge in [-0.15, -0.1) is 24.0 Å². The molecule has 1 aromatic rings. The van der Waals surface area contributed by atoms with Crippen LogP contribution in [0, 0.1) is 0 Å². The number of sulfonamides is 1. The van der Waals surface area contributed by atoms with Crippen molar-refractivity contribution in [3.63, 3.8) is 0 Å². The van der Waals surface area contributed by atoms with Crippen LogP contribution in [0.1, 0.15) is 19.4 Å². The van der Waals surface area contributed by atoms with Crippen molar-refractivity contribution in [2.45, 2.75) is 20.3 Å². The summed E-state index contributed by atoms with van der Waals surface area (Å²) in [4.78, 5) is 4.34. The van der Waals surface area contributed by atoms with E-state index in [0.717, 1.165) is 23.6 Å². The maximum atomic E-state index is 11.3. The Morgan fingerprint density at radius 2 is 1.88 bits per heavy atom. The van der Waals surface area contributed by atoms with Crippen molar-refractivity contribution in [2.75, 3.05) is 31.9 Å². The number of hydrogen-bond donors (Lipinski definition) is 3. The van der Waals surface area contributed by atoms with Crippen LogP contribution in [0.15, 0.2) is 29.3 Å². The van der Waals surface area contributed by atoms with Crippen LogP contribution in [0.2, 0.25) is 5.02 Å². The number of benzene rings is 1. The third kappa shape index (κ3) is 9.65. The van der Waals surface area contributed by atoms with Gasteiger partial charge in [0.15, 0.2) is 5.96 Å². The van der Waals surface area contributed by atoms with Crippen LogP contribution < -0.4 is 15.4 Å². The van der Waals surface area contributed by atoms with Crippen molar-refractivity contribution in [1.29, 1.82) is 0 Å². The van der Waals surface area contributed by atoms with Gasteiger partial charge in [0, 0.05) is 24.7 Å². The monoisotopic (exact) mass is 488 g/mol. The first-order valence-electron chi connectivity index (χ1n) is 7.71. The molecule has 3 N–H and O–H groups in total. The minimum absolute atomic E-state index is 0. The van der Waals surface area contributed by atoms with Crippen LogP contribution in [0.5, 0.6) is 0 Å². The SMILES string of the molecule is CCNC(=NCCNS(=O)(=O)CC)NCCc1ccccc1Cl.I. The third-order valence-corrected chi connectivity index (χ3v) is 4.85. The predicted octanol–water partition coefficient (Wildman–Crippen LogP) is 1.99. The number of guanidine groups is 1. The first-order chi connectivity index (χ1) is 11.0. The van der Waals surface area contributed by atoms with Crippen molar-refractivity contribution >= 4 is 51.6 Å². The maximum Gasteiger partial charge on any atom is 0.211 e. The van der Waals surface area contributed by atoms with Gasteiger partial charge in [0.05, 0.1) is 12.3 Å². The van der Waals surface area contributed by atoms with Crippen molar-refractivity contribution in [2.24, 2.45) is 4.99 Å². The molecule has 0 spiro atoms. The fraction of sp³-hybridized carbons (Fsp3) is 0.533. The lowest BCUT2D eigenvalue weighted by molar-refractivity contribution is 0.583. The second kappa shape index (κ2) is 12.7. The molecule has 9 heteroatoms. The predicted molar refractivity (Wildman–Crippen MR) is 112 cm³/mol. The minimum atomic E-state index is -3.16. The smallest absolute Gasteiger partial charge is 0.211 e. The summed E-state index contributed by atoms with van der Waals surface area (Å²) in [6, 6.07) is 7.73. The highest BCUT2D eigenvalue weighted by molar-refractivity contribution is 14.0. The summed E-state index contributed by atoms with van der Waals surface area (Å²) >= 11 is 6.12. The average Bonchev–Trinajstić information content (AvgIpc) is 2.53. The zero-order valence-corrected chi connectivity index (χ0v) is 17.9. The number of rotatable bonds is 9. The Morgan fingerprint density at radius 1 is 1.17 bits per heavy atom. The quantitative estimate of drug-likeness (QED) is 0.215. The van der Waals surface area contributed by atoms with E-state index >= 15 is 0 Å². The average molecular weight is 489 g/mol. The van der Waals surface area contributed by atoms with Gasteiger partial charge in [0.2, 0.25) is 10.0 Å². The molecule has 0 radical (unpaired) electrons. The van der Waals surface area contributed by atoms with E-state index in [0.29, 0.717) is 19.0 Å². The van der Waals surface area contributed by atoms with Crippen molar-refractivity contribution in [1.82, 2.24) is 15.4 Å². The van der Waals surface area contributed by atoms with E-state index in [1.165, 1.54) is 0 Å². The van der Waals surface area contributed by atoms with Crippen molar-refractivity contribution in [3.8, 4) is 0 Å². The van der Waals surface area contributed by atoms with Gasteiger partial charge in [-0.25, -0.2) is 13.1 Å². The standard InChI is InChI=1S/C15H25ClN4O2S.HI/c1-3-17-15(19-11-12-20-23(21,22)4-2)18-10-9-13-7-5-6-8-14(13)16;/h5-8,20H,3-4,9-12H2,1-2H3,(H2,17,18,19);1H. The Morgan fingerprint density at radius 3 is 2.50 bits per heavy atom. The molecule has 6 nitrogen and oxygen atoms in total. The molecule has 1 aromatic carbocycles. The number of nitrogens with one attached hydrogen (secondary N) is 3. The molecule has 138 valence electrons. The summed E-state index contributed by atoms with van der Waals surface area (Å²) in [6.07, 6.45) is 0.784. The number of aliphatic imine (C=N–C) groups is 1. The second-order valence-corrected chi connectivity index (χ2v) is 7.33. The number of nitrogens with zero attached hydrogens (tertiary/aromatic N) is 1. The maximum absolute atomic E-state index is 11.3. The van der Waals surface area contributed by atoms with Gasteiger partial charge in [-0.1, -0.05) is 29.8 Å². The molecule has 0 bridgehead atoms. The largest absolute Gasteiger partial charge is 0.357 e. The van der Waals surface area contributed by atoms with E-state index in [4.69, 9.17) is 11.6 Å². The van der Waals surface area contributed by atoms with Gasteiger partial charge >= 0.3 is 0 Å². The van der Waals surface area contributed by atoms with E-state index < -0.39 is 10.0 Å². The van der Waals surface area contributed by atoms with Crippen LogP contribution >= 0.6 is 35.6 Å². The van der Waals surface area contributed by atoms with Crippen molar-refractivity contribution in [3.05, 3.63) is 34.9 Å². The lowest BCUT2D eigenvalue weighted by Crippen LogP contribution is -2.39. The third-order valence-electron chi connectivity index (χ3n) is 3.07. The summed E-state index contributed by atoms with van der Waals surface area (Å²) in [5, 5.41) is 7.09. The molecule has 0 atom stereocenters.